The third kappa shape index (κ3) is 3.10. The Labute approximate surface area is 155 Å². The summed E-state index contributed by atoms with van der Waals surface area (Å²) in [6.07, 6.45) is 0.761. The van der Waals surface area contributed by atoms with Crippen LogP contribution in [-0.2, 0) is 20.7 Å². The molecule has 0 saturated carbocycles. The van der Waals surface area contributed by atoms with Crippen molar-refractivity contribution in [1.29, 1.82) is 0 Å². The maximum absolute atomic E-state index is 12.7. The molecule has 0 unspecified atom stereocenters. The van der Waals surface area contributed by atoms with Crippen LogP contribution in [0.15, 0.2) is 29.1 Å². The van der Waals surface area contributed by atoms with Crippen LogP contribution in [0.5, 0.6) is 0 Å². The van der Waals surface area contributed by atoms with Crippen molar-refractivity contribution in [3.8, 4) is 0 Å². The van der Waals surface area contributed by atoms with Crippen LogP contribution in [0.3, 0.4) is 0 Å². The minimum Gasteiger partial charge on any atom is -0.481 e. The van der Waals surface area contributed by atoms with E-state index < -0.39 is 11.4 Å². The second-order valence-corrected chi connectivity index (χ2v) is 7.29. The Kier molecular flexibility index (Phi) is 4.43. The van der Waals surface area contributed by atoms with E-state index in [0.29, 0.717) is 42.9 Å². The van der Waals surface area contributed by atoms with Crippen molar-refractivity contribution >= 4 is 22.9 Å². The molecule has 0 aliphatic carbocycles. The summed E-state index contributed by atoms with van der Waals surface area (Å²) >= 11 is 0. The molecule has 4 rings (SSSR count). The van der Waals surface area contributed by atoms with E-state index >= 15 is 0 Å². The predicted molar refractivity (Wildman–Crippen MR) is 96.3 cm³/mol. The number of nitrogens with zero attached hydrogens (tertiary/aromatic N) is 2. The SMILES string of the molecule is O=C(CCc1nc2ccccc2[nH]c1=O)N1C[C@@H]2COCC[C@]2(C(=O)O)C1. The van der Waals surface area contributed by atoms with Gasteiger partial charge in [-0.1, -0.05) is 12.1 Å². The van der Waals surface area contributed by atoms with Gasteiger partial charge in [0.2, 0.25) is 5.91 Å². The number of rotatable bonds is 4. The highest BCUT2D eigenvalue weighted by atomic mass is 16.5. The van der Waals surface area contributed by atoms with Gasteiger partial charge in [0, 0.05) is 38.5 Å². The standard InChI is InChI=1S/C19H21N3O5/c23-16(22-9-12-10-27-8-7-19(12,11-22)18(25)26)6-5-15-17(24)21-14-4-2-1-3-13(14)20-15/h1-4,12H,5-11H2,(H,21,24)(H,25,26)/t12-,19+/m1/s1. The van der Waals surface area contributed by atoms with Crippen molar-refractivity contribution in [1.82, 2.24) is 14.9 Å². The molecule has 1 aromatic carbocycles. The summed E-state index contributed by atoms with van der Waals surface area (Å²) in [5.41, 5.74) is 0.437. The van der Waals surface area contributed by atoms with Gasteiger partial charge in [-0.25, -0.2) is 4.98 Å². The molecule has 3 heterocycles. The van der Waals surface area contributed by atoms with Gasteiger partial charge in [0.25, 0.3) is 5.56 Å². The molecule has 0 radical (unpaired) electrons. The van der Waals surface area contributed by atoms with Gasteiger partial charge in [-0.2, -0.15) is 0 Å². The molecule has 0 bridgehead atoms. The second-order valence-electron chi connectivity index (χ2n) is 7.29. The lowest BCUT2D eigenvalue weighted by Gasteiger charge is -2.33. The number of aliphatic carboxylic acids is 1. The lowest BCUT2D eigenvalue weighted by Crippen LogP contribution is -2.45. The predicted octanol–water partition coefficient (Wildman–Crippen LogP) is 0.805. The van der Waals surface area contributed by atoms with Crippen molar-refractivity contribution in [3.05, 3.63) is 40.3 Å². The van der Waals surface area contributed by atoms with Crippen LogP contribution < -0.4 is 5.56 Å². The van der Waals surface area contributed by atoms with E-state index in [-0.39, 0.29) is 36.8 Å². The number of ether oxygens (including phenoxy) is 1. The number of benzene rings is 1. The van der Waals surface area contributed by atoms with Crippen LogP contribution in [0.2, 0.25) is 0 Å². The molecule has 2 fully saturated rings. The summed E-state index contributed by atoms with van der Waals surface area (Å²) in [6.45, 7) is 1.35. The highest BCUT2D eigenvalue weighted by molar-refractivity contribution is 5.81. The van der Waals surface area contributed by atoms with Crippen LogP contribution in [0.25, 0.3) is 11.0 Å². The molecule has 8 nitrogen and oxygen atoms in total. The summed E-state index contributed by atoms with van der Waals surface area (Å²) in [7, 11) is 0. The molecule has 1 aromatic heterocycles. The van der Waals surface area contributed by atoms with Gasteiger partial charge in [-0.05, 0) is 18.6 Å². The first-order valence-corrected chi connectivity index (χ1v) is 9.06. The average molecular weight is 371 g/mol. The summed E-state index contributed by atoms with van der Waals surface area (Å²) < 4.78 is 5.42. The second kappa shape index (κ2) is 6.77. The van der Waals surface area contributed by atoms with Crippen LogP contribution in [-0.4, -0.2) is 58.2 Å². The largest absolute Gasteiger partial charge is 0.481 e. The zero-order valence-corrected chi connectivity index (χ0v) is 14.8. The fraction of sp³-hybridized carbons (Fsp3) is 0.474. The number of carbonyl (C=O) groups is 2. The quantitative estimate of drug-likeness (QED) is 0.822. The van der Waals surface area contributed by atoms with Crippen molar-refractivity contribution in [3.63, 3.8) is 0 Å². The number of amides is 1. The lowest BCUT2D eigenvalue weighted by atomic mass is 9.74. The number of aromatic nitrogens is 2. The number of hydrogen-bond acceptors (Lipinski definition) is 5. The maximum atomic E-state index is 12.7. The Balaban J connectivity index is 1.47. The first kappa shape index (κ1) is 17.7. The van der Waals surface area contributed by atoms with Crippen LogP contribution in [0, 0.1) is 11.3 Å². The molecule has 2 saturated heterocycles. The summed E-state index contributed by atoms with van der Waals surface area (Å²) in [4.78, 5) is 45.4. The van der Waals surface area contributed by atoms with Crippen LogP contribution >= 0.6 is 0 Å². The fourth-order valence-corrected chi connectivity index (χ4v) is 4.11. The molecule has 2 N–H and O–H groups in total. The number of hydrogen-bond donors (Lipinski definition) is 2. The number of H-pyrrole nitrogens is 1. The Hall–Kier alpha value is -2.74. The summed E-state index contributed by atoms with van der Waals surface area (Å²) in [5.74, 6) is -1.20. The third-order valence-corrected chi connectivity index (χ3v) is 5.73. The van der Waals surface area contributed by atoms with Gasteiger partial charge in [-0.3, -0.25) is 14.4 Å². The normalized spacial score (nSPS) is 24.7. The van der Waals surface area contributed by atoms with Crippen molar-refractivity contribution < 1.29 is 19.4 Å². The first-order chi connectivity index (χ1) is 13.0. The van der Waals surface area contributed by atoms with Gasteiger partial charge in [0.1, 0.15) is 5.69 Å². The van der Waals surface area contributed by atoms with Crippen molar-refractivity contribution in [2.24, 2.45) is 11.3 Å². The number of likely N-dealkylation sites (tertiary alicyclic amines) is 1. The van der Waals surface area contributed by atoms with E-state index in [1.165, 1.54) is 0 Å². The molecule has 27 heavy (non-hydrogen) atoms. The number of carboxylic acid groups (broad SMARTS) is 1. The number of aromatic amines is 1. The van der Waals surface area contributed by atoms with Gasteiger partial charge in [0.05, 0.1) is 23.1 Å². The molecule has 1 amide bonds. The summed E-state index contributed by atoms with van der Waals surface area (Å²) in [6, 6.07) is 7.23. The number of para-hydroxylation sites is 2. The zero-order chi connectivity index (χ0) is 19.0. The van der Waals surface area contributed by atoms with E-state index in [1.807, 2.05) is 12.1 Å². The first-order valence-electron chi connectivity index (χ1n) is 9.06. The van der Waals surface area contributed by atoms with E-state index in [9.17, 15) is 19.5 Å². The van der Waals surface area contributed by atoms with Gasteiger partial charge < -0.3 is 19.7 Å². The Bertz CT molecular complexity index is 956. The van der Waals surface area contributed by atoms with E-state index in [0.717, 1.165) is 0 Å². The van der Waals surface area contributed by atoms with Gasteiger partial charge in [0.15, 0.2) is 0 Å². The number of nitrogens with one attached hydrogen (secondary N) is 1. The number of carboxylic acids is 1. The zero-order valence-electron chi connectivity index (χ0n) is 14.8. The average Bonchev–Trinajstić information content (AvgIpc) is 3.07. The molecule has 2 aliphatic heterocycles. The molecule has 8 heteroatoms. The van der Waals surface area contributed by atoms with Gasteiger partial charge in [-0.15, -0.1) is 0 Å². The smallest absolute Gasteiger partial charge is 0.311 e. The van der Waals surface area contributed by atoms with Crippen LogP contribution in [0.1, 0.15) is 18.5 Å². The Morgan fingerprint density at radius 1 is 1.37 bits per heavy atom. The molecule has 0 spiro atoms. The number of fused-ring (bicyclic) bond motifs is 2. The molecule has 2 atom stereocenters. The van der Waals surface area contributed by atoms with Crippen molar-refractivity contribution in [2.75, 3.05) is 26.3 Å². The topological polar surface area (TPSA) is 113 Å². The van der Waals surface area contributed by atoms with E-state index in [4.69, 9.17) is 4.74 Å². The molecule has 142 valence electrons. The number of aryl methyl sites for hydroxylation is 1. The Morgan fingerprint density at radius 3 is 2.96 bits per heavy atom. The van der Waals surface area contributed by atoms with E-state index in [2.05, 4.69) is 9.97 Å². The van der Waals surface area contributed by atoms with Crippen LogP contribution in [0.4, 0.5) is 0 Å². The molecule has 2 aliphatic rings. The van der Waals surface area contributed by atoms with Gasteiger partial charge >= 0.3 is 5.97 Å². The Morgan fingerprint density at radius 2 is 2.19 bits per heavy atom. The highest BCUT2D eigenvalue weighted by Crippen LogP contribution is 2.42. The number of carbonyl (C=O) groups excluding carboxylic acids is 1. The highest BCUT2D eigenvalue weighted by Gasteiger charge is 2.54. The van der Waals surface area contributed by atoms with E-state index in [1.54, 1.807) is 17.0 Å². The molecular formula is C19H21N3O5. The minimum absolute atomic E-state index is 0.123. The minimum atomic E-state index is -0.910. The summed E-state index contributed by atoms with van der Waals surface area (Å²) in [5, 5.41) is 9.69. The fourth-order valence-electron chi connectivity index (χ4n) is 4.11. The molecular weight excluding hydrogens is 350 g/mol. The lowest BCUT2D eigenvalue weighted by molar-refractivity contribution is -0.157. The maximum Gasteiger partial charge on any atom is 0.311 e. The van der Waals surface area contributed by atoms with Crippen molar-refractivity contribution in [2.45, 2.75) is 19.3 Å². The monoisotopic (exact) mass is 371 g/mol. The third-order valence-electron chi connectivity index (χ3n) is 5.73. The molecule has 2 aromatic rings.